The number of hydrogen-bond acceptors (Lipinski definition) is 6. The molecule has 1 heterocycles. The molecule has 1 aliphatic heterocycles. The molecule has 2 aromatic rings. The van der Waals surface area contributed by atoms with Crippen LogP contribution in [-0.4, -0.2) is 30.6 Å². The van der Waals surface area contributed by atoms with E-state index in [9.17, 15) is 4.79 Å². The summed E-state index contributed by atoms with van der Waals surface area (Å²) in [6.07, 6.45) is 2.40. The predicted octanol–water partition coefficient (Wildman–Crippen LogP) is 4.69. The molecule has 0 bridgehead atoms. The Hall–Kier alpha value is -2.22. The molecule has 1 aliphatic rings. The second-order valence-corrected chi connectivity index (χ2v) is 7.84. The summed E-state index contributed by atoms with van der Waals surface area (Å²) in [7, 11) is 1.58. The number of ether oxygens (including phenoxy) is 3. The van der Waals surface area contributed by atoms with E-state index in [2.05, 4.69) is 5.32 Å². The number of halogens is 1. The van der Waals surface area contributed by atoms with Crippen LogP contribution in [0.2, 0.25) is 5.02 Å². The molecule has 0 saturated carbocycles. The molecule has 1 amide bonds. The van der Waals surface area contributed by atoms with Crippen molar-refractivity contribution >= 4 is 51.9 Å². The zero-order chi connectivity index (χ0) is 19.9. The van der Waals surface area contributed by atoms with Crippen molar-refractivity contribution in [3.8, 4) is 17.2 Å². The van der Waals surface area contributed by atoms with Gasteiger partial charge >= 0.3 is 0 Å². The van der Waals surface area contributed by atoms with Crippen LogP contribution in [-0.2, 0) is 4.79 Å². The molecule has 0 aliphatic carbocycles. The topological polar surface area (TPSA) is 56.8 Å². The number of rotatable bonds is 8. The fraction of sp³-hybridized carbons (Fsp3) is 0.200. The lowest BCUT2D eigenvalue weighted by atomic mass is 10.1. The number of methoxy groups -OCH3 is 1. The summed E-state index contributed by atoms with van der Waals surface area (Å²) >= 11 is 12.3. The molecular formula is C20H18ClNO4S2. The van der Waals surface area contributed by atoms with Gasteiger partial charge in [0.2, 0.25) is 0 Å². The number of para-hydroxylation sites is 2. The van der Waals surface area contributed by atoms with Gasteiger partial charge in [0.15, 0.2) is 11.5 Å². The first kappa shape index (κ1) is 20.5. The van der Waals surface area contributed by atoms with Crippen LogP contribution in [0.5, 0.6) is 17.2 Å². The van der Waals surface area contributed by atoms with Gasteiger partial charge in [-0.25, -0.2) is 0 Å². The van der Waals surface area contributed by atoms with Crippen LogP contribution in [0.3, 0.4) is 0 Å². The quantitative estimate of drug-likeness (QED) is 0.369. The van der Waals surface area contributed by atoms with Gasteiger partial charge in [0.1, 0.15) is 10.1 Å². The minimum Gasteiger partial charge on any atom is -0.493 e. The predicted molar refractivity (Wildman–Crippen MR) is 116 cm³/mol. The number of hydrogen-bond donors (Lipinski definition) is 1. The largest absolute Gasteiger partial charge is 0.493 e. The second-order valence-electron chi connectivity index (χ2n) is 5.71. The van der Waals surface area contributed by atoms with Gasteiger partial charge in [0.25, 0.3) is 5.91 Å². The zero-order valence-electron chi connectivity index (χ0n) is 15.1. The van der Waals surface area contributed by atoms with Crippen molar-refractivity contribution in [2.75, 3.05) is 20.3 Å². The Balaban J connectivity index is 1.64. The Morgan fingerprint density at radius 2 is 1.86 bits per heavy atom. The molecule has 0 aromatic heterocycles. The highest BCUT2D eigenvalue weighted by molar-refractivity contribution is 8.26. The standard InChI is InChI=1S/C20H18ClNO4S2/c1-24-16-9-4-6-13(12-17-19(23)22-20(27)28-17)18(16)26-11-5-10-25-15-8-3-2-7-14(15)21/h2-4,6-9,12H,5,10-11H2,1H3,(H,22,23,27)/b17-12-. The van der Waals surface area contributed by atoms with Gasteiger partial charge in [0, 0.05) is 12.0 Å². The summed E-state index contributed by atoms with van der Waals surface area (Å²) in [5.74, 6) is 1.60. The Kier molecular flexibility index (Phi) is 7.19. The normalized spacial score (nSPS) is 14.9. The Morgan fingerprint density at radius 3 is 2.57 bits per heavy atom. The smallest absolute Gasteiger partial charge is 0.263 e. The molecule has 1 fully saturated rings. The molecule has 0 unspecified atom stereocenters. The van der Waals surface area contributed by atoms with Crippen LogP contribution in [0.4, 0.5) is 0 Å². The van der Waals surface area contributed by atoms with Crippen LogP contribution < -0.4 is 19.5 Å². The maximum absolute atomic E-state index is 11.9. The van der Waals surface area contributed by atoms with Gasteiger partial charge in [-0.3, -0.25) is 4.79 Å². The van der Waals surface area contributed by atoms with E-state index < -0.39 is 0 Å². The van der Waals surface area contributed by atoms with Crippen molar-refractivity contribution in [1.82, 2.24) is 5.32 Å². The van der Waals surface area contributed by atoms with Crippen molar-refractivity contribution in [3.05, 3.63) is 58.0 Å². The van der Waals surface area contributed by atoms with Crippen molar-refractivity contribution in [2.45, 2.75) is 6.42 Å². The first-order valence-electron chi connectivity index (χ1n) is 8.50. The molecule has 0 radical (unpaired) electrons. The Morgan fingerprint density at radius 1 is 1.11 bits per heavy atom. The Bertz CT molecular complexity index is 917. The molecule has 146 valence electrons. The van der Waals surface area contributed by atoms with Gasteiger partial charge < -0.3 is 19.5 Å². The third kappa shape index (κ3) is 5.19. The van der Waals surface area contributed by atoms with Gasteiger partial charge in [-0.15, -0.1) is 0 Å². The van der Waals surface area contributed by atoms with Crippen molar-refractivity contribution in [1.29, 1.82) is 0 Å². The van der Waals surface area contributed by atoms with E-state index in [-0.39, 0.29) is 5.91 Å². The minimum atomic E-state index is -0.211. The lowest BCUT2D eigenvalue weighted by molar-refractivity contribution is -0.115. The van der Waals surface area contributed by atoms with E-state index >= 15 is 0 Å². The fourth-order valence-corrected chi connectivity index (χ4v) is 3.73. The van der Waals surface area contributed by atoms with Gasteiger partial charge in [0.05, 0.1) is 30.3 Å². The minimum absolute atomic E-state index is 0.211. The number of amides is 1. The summed E-state index contributed by atoms with van der Waals surface area (Å²) < 4.78 is 17.5. The number of benzene rings is 2. The Labute approximate surface area is 178 Å². The fourth-order valence-electron chi connectivity index (χ4n) is 2.50. The summed E-state index contributed by atoms with van der Waals surface area (Å²) in [6.45, 7) is 0.876. The zero-order valence-corrected chi connectivity index (χ0v) is 17.5. The lowest BCUT2D eigenvalue weighted by Gasteiger charge is -2.14. The average Bonchev–Trinajstić information content (AvgIpc) is 3.00. The van der Waals surface area contributed by atoms with Gasteiger partial charge in [-0.1, -0.05) is 59.8 Å². The molecule has 5 nitrogen and oxygen atoms in total. The van der Waals surface area contributed by atoms with Crippen LogP contribution in [0.15, 0.2) is 47.4 Å². The van der Waals surface area contributed by atoms with Crippen LogP contribution >= 0.6 is 35.6 Å². The van der Waals surface area contributed by atoms with E-state index in [0.717, 1.165) is 5.56 Å². The SMILES string of the molecule is COc1cccc(/C=C2\SC(=S)NC2=O)c1OCCCOc1ccccc1Cl. The first-order valence-corrected chi connectivity index (χ1v) is 10.1. The van der Waals surface area contributed by atoms with E-state index in [1.165, 1.54) is 11.8 Å². The number of carbonyl (C=O) groups is 1. The van der Waals surface area contributed by atoms with Crippen molar-refractivity contribution < 1.29 is 19.0 Å². The third-order valence-corrected chi connectivity index (χ3v) is 5.26. The van der Waals surface area contributed by atoms with Crippen molar-refractivity contribution in [3.63, 3.8) is 0 Å². The van der Waals surface area contributed by atoms with Crippen LogP contribution in [0.1, 0.15) is 12.0 Å². The summed E-state index contributed by atoms with van der Waals surface area (Å²) in [5.41, 5.74) is 0.744. The highest BCUT2D eigenvalue weighted by Crippen LogP contribution is 2.35. The van der Waals surface area contributed by atoms with Gasteiger partial charge in [-0.2, -0.15) is 0 Å². The number of carbonyl (C=O) groups excluding carboxylic acids is 1. The number of thiocarbonyl (C=S) groups is 1. The second kappa shape index (κ2) is 9.82. The van der Waals surface area contributed by atoms with E-state index in [4.69, 9.17) is 38.0 Å². The van der Waals surface area contributed by atoms with E-state index in [0.29, 0.717) is 51.1 Å². The molecule has 1 N–H and O–H groups in total. The molecule has 1 saturated heterocycles. The van der Waals surface area contributed by atoms with E-state index in [1.807, 2.05) is 36.4 Å². The monoisotopic (exact) mass is 435 g/mol. The molecule has 8 heteroatoms. The van der Waals surface area contributed by atoms with Crippen LogP contribution in [0, 0.1) is 0 Å². The number of nitrogens with one attached hydrogen (secondary N) is 1. The highest BCUT2D eigenvalue weighted by Gasteiger charge is 2.23. The maximum atomic E-state index is 11.9. The van der Waals surface area contributed by atoms with Gasteiger partial charge in [-0.05, 0) is 24.3 Å². The van der Waals surface area contributed by atoms with Crippen molar-refractivity contribution in [2.24, 2.45) is 0 Å². The summed E-state index contributed by atoms with van der Waals surface area (Å²) in [6, 6.07) is 12.8. The average molecular weight is 436 g/mol. The molecule has 28 heavy (non-hydrogen) atoms. The van der Waals surface area contributed by atoms with Crippen LogP contribution in [0.25, 0.3) is 6.08 Å². The molecule has 3 rings (SSSR count). The molecule has 0 atom stereocenters. The summed E-state index contributed by atoms with van der Waals surface area (Å²) in [5, 5.41) is 3.18. The molecule has 2 aromatic carbocycles. The first-order chi connectivity index (χ1) is 13.6. The third-order valence-electron chi connectivity index (χ3n) is 3.79. The van der Waals surface area contributed by atoms with E-state index in [1.54, 1.807) is 19.3 Å². The maximum Gasteiger partial charge on any atom is 0.263 e. The number of thioether (sulfide) groups is 1. The molecule has 0 spiro atoms. The lowest BCUT2D eigenvalue weighted by Crippen LogP contribution is -2.17. The summed E-state index contributed by atoms with van der Waals surface area (Å²) in [4.78, 5) is 12.4. The highest BCUT2D eigenvalue weighted by atomic mass is 35.5. The molecular weight excluding hydrogens is 418 g/mol.